The Bertz CT molecular complexity index is 323. The largest absolute Gasteiger partial charge is 0.377 e. The molecule has 0 saturated carbocycles. The van der Waals surface area contributed by atoms with E-state index in [2.05, 4.69) is 0 Å². The van der Waals surface area contributed by atoms with Crippen LogP contribution in [0.25, 0.3) is 0 Å². The second-order valence-corrected chi connectivity index (χ2v) is 3.34. The van der Waals surface area contributed by atoms with Crippen LogP contribution in [0.2, 0.25) is 0 Å². The number of nitrogens with zero attached hydrogens (tertiary/aromatic N) is 1. The maximum absolute atomic E-state index is 13.4. The van der Waals surface area contributed by atoms with Gasteiger partial charge in [-0.3, -0.25) is 0 Å². The predicted octanol–water partition coefficient (Wildman–Crippen LogP) is 2.02. The van der Waals surface area contributed by atoms with Gasteiger partial charge in [0.2, 0.25) is 0 Å². The molecule has 0 radical (unpaired) electrons. The minimum atomic E-state index is -0.238. The van der Waals surface area contributed by atoms with Crippen molar-refractivity contribution in [1.29, 1.82) is 0 Å². The van der Waals surface area contributed by atoms with Crippen molar-refractivity contribution in [1.82, 2.24) is 0 Å². The Kier molecular flexibility index (Phi) is 3.63. The highest BCUT2D eigenvalue weighted by Gasteiger charge is 2.08. The molecule has 0 spiro atoms. The van der Waals surface area contributed by atoms with Crippen molar-refractivity contribution in [2.45, 2.75) is 12.8 Å². The van der Waals surface area contributed by atoms with Gasteiger partial charge in [0.25, 0.3) is 0 Å². The molecule has 0 amide bonds. The quantitative estimate of drug-likeness (QED) is 0.685. The second kappa shape index (κ2) is 4.74. The lowest BCUT2D eigenvalue weighted by molar-refractivity contribution is -0.107. The molecule has 0 aliphatic carbocycles. The van der Waals surface area contributed by atoms with Gasteiger partial charge in [0.1, 0.15) is 12.1 Å². The zero-order valence-corrected chi connectivity index (χ0v) is 8.46. The molecule has 0 atom stereocenters. The van der Waals surface area contributed by atoms with Crippen LogP contribution in [0.4, 0.5) is 10.1 Å². The van der Waals surface area contributed by atoms with Gasteiger partial charge in [0.05, 0.1) is 0 Å². The summed E-state index contributed by atoms with van der Waals surface area (Å²) in [4.78, 5) is 12.1. The van der Waals surface area contributed by atoms with Crippen LogP contribution in [0.15, 0.2) is 18.2 Å². The molecule has 0 aliphatic heterocycles. The van der Waals surface area contributed by atoms with Gasteiger partial charge >= 0.3 is 0 Å². The fraction of sp³-hybridized carbons (Fsp3) is 0.364. The van der Waals surface area contributed by atoms with Gasteiger partial charge in [-0.05, 0) is 18.6 Å². The van der Waals surface area contributed by atoms with Crippen LogP contribution in [-0.2, 0) is 11.2 Å². The molecule has 0 unspecified atom stereocenters. The molecule has 0 saturated heterocycles. The summed E-state index contributed by atoms with van der Waals surface area (Å²) in [5.74, 6) is -0.238. The van der Waals surface area contributed by atoms with Crippen molar-refractivity contribution >= 4 is 12.0 Å². The van der Waals surface area contributed by atoms with Gasteiger partial charge in [-0.15, -0.1) is 0 Å². The Morgan fingerprint density at radius 2 is 2.14 bits per heavy atom. The van der Waals surface area contributed by atoms with E-state index in [0.717, 1.165) is 12.0 Å². The summed E-state index contributed by atoms with van der Waals surface area (Å²) in [6.07, 6.45) is 1.64. The highest BCUT2D eigenvalue weighted by atomic mass is 19.1. The molecule has 0 N–H and O–H groups in total. The van der Waals surface area contributed by atoms with E-state index in [1.807, 2.05) is 25.1 Å². The summed E-state index contributed by atoms with van der Waals surface area (Å²) in [6.45, 7) is 0. The number of halogens is 1. The van der Waals surface area contributed by atoms with Gasteiger partial charge in [-0.1, -0.05) is 6.07 Å². The number of anilines is 1. The molecule has 2 nitrogen and oxygen atoms in total. The number of hydrogen-bond donors (Lipinski definition) is 0. The van der Waals surface area contributed by atoms with E-state index in [9.17, 15) is 9.18 Å². The first-order valence-electron chi connectivity index (χ1n) is 4.55. The third-order valence-corrected chi connectivity index (χ3v) is 2.09. The van der Waals surface area contributed by atoms with Crippen LogP contribution in [0, 0.1) is 5.82 Å². The topological polar surface area (TPSA) is 20.3 Å². The molecule has 1 aromatic carbocycles. The highest BCUT2D eigenvalue weighted by Crippen LogP contribution is 2.22. The Balaban J connectivity index is 3.02. The summed E-state index contributed by atoms with van der Waals surface area (Å²) in [7, 11) is 3.72. The van der Waals surface area contributed by atoms with E-state index in [0.29, 0.717) is 18.4 Å². The summed E-state index contributed by atoms with van der Waals surface area (Å²) in [5.41, 5.74) is 1.46. The van der Waals surface area contributed by atoms with E-state index < -0.39 is 0 Å². The van der Waals surface area contributed by atoms with Crippen LogP contribution in [0.3, 0.4) is 0 Å². The third-order valence-electron chi connectivity index (χ3n) is 2.09. The Labute approximate surface area is 83.3 Å². The van der Waals surface area contributed by atoms with Crippen molar-refractivity contribution < 1.29 is 9.18 Å². The molecule has 3 heteroatoms. The lowest BCUT2D eigenvalue weighted by atomic mass is 10.1. The fourth-order valence-electron chi connectivity index (χ4n) is 1.42. The van der Waals surface area contributed by atoms with Crippen molar-refractivity contribution in [3.63, 3.8) is 0 Å². The monoisotopic (exact) mass is 195 g/mol. The summed E-state index contributed by atoms with van der Waals surface area (Å²) in [6, 6.07) is 4.95. The molecule has 0 aromatic heterocycles. The molecule has 14 heavy (non-hydrogen) atoms. The molecule has 0 fully saturated rings. The van der Waals surface area contributed by atoms with Gasteiger partial charge in [0, 0.05) is 31.8 Å². The smallest absolute Gasteiger partial charge is 0.128 e. The van der Waals surface area contributed by atoms with E-state index in [4.69, 9.17) is 0 Å². The maximum Gasteiger partial charge on any atom is 0.128 e. The van der Waals surface area contributed by atoms with Gasteiger partial charge in [-0.25, -0.2) is 4.39 Å². The number of hydrogen-bond acceptors (Lipinski definition) is 2. The highest BCUT2D eigenvalue weighted by molar-refractivity contribution is 5.56. The SMILES string of the molecule is CN(C)c1cccc(F)c1CCC=O. The minimum Gasteiger partial charge on any atom is -0.377 e. The van der Waals surface area contributed by atoms with E-state index in [1.165, 1.54) is 6.07 Å². The van der Waals surface area contributed by atoms with Crippen molar-refractivity contribution in [3.8, 4) is 0 Å². The minimum absolute atomic E-state index is 0.238. The van der Waals surface area contributed by atoms with E-state index in [1.54, 1.807) is 6.07 Å². The predicted molar refractivity (Wildman–Crippen MR) is 55.1 cm³/mol. The summed E-state index contributed by atoms with van der Waals surface area (Å²) >= 11 is 0. The van der Waals surface area contributed by atoms with Crippen molar-refractivity contribution in [3.05, 3.63) is 29.6 Å². The fourth-order valence-corrected chi connectivity index (χ4v) is 1.42. The van der Waals surface area contributed by atoms with E-state index >= 15 is 0 Å². The van der Waals surface area contributed by atoms with Crippen LogP contribution >= 0.6 is 0 Å². The zero-order valence-electron chi connectivity index (χ0n) is 8.46. The molecule has 76 valence electrons. The van der Waals surface area contributed by atoms with Crippen molar-refractivity contribution in [2.24, 2.45) is 0 Å². The second-order valence-electron chi connectivity index (χ2n) is 3.34. The average molecular weight is 195 g/mol. The van der Waals surface area contributed by atoms with Gasteiger partial charge in [0.15, 0.2) is 0 Å². The number of benzene rings is 1. The lowest BCUT2D eigenvalue weighted by Crippen LogP contribution is -2.12. The molecular weight excluding hydrogens is 181 g/mol. The number of carbonyl (C=O) groups excluding carboxylic acids is 1. The number of aldehydes is 1. The molecule has 0 heterocycles. The first kappa shape index (κ1) is 10.7. The third kappa shape index (κ3) is 2.31. The summed E-state index contributed by atoms with van der Waals surface area (Å²) < 4.78 is 13.4. The van der Waals surface area contributed by atoms with Crippen molar-refractivity contribution in [2.75, 3.05) is 19.0 Å². The van der Waals surface area contributed by atoms with Crippen LogP contribution < -0.4 is 4.90 Å². The standard InChI is InChI=1S/C11H14FNO/c1-13(2)11-7-3-6-10(12)9(11)5-4-8-14/h3,6-8H,4-5H2,1-2H3. The Morgan fingerprint density at radius 1 is 1.43 bits per heavy atom. The lowest BCUT2D eigenvalue weighted by Gasteiger charge is -2.17. The van der Waals surface area contributed by atoms with Gasteiger partial charge < -0.3 is 9.69 Å². The molecule has 1 rings (SSSR count). The summed E-state index contributed by atoms with van der Waals surface area (Å²) in [5, 5.41) is 0. The average Bonchev–Trinajstić information content (AvgIpc) is 2.15. The molecule has 0 aliphatic rings. The molecule has 0 bridgehead atoms. The maximum atomic E-state index is 13.4. The number of rotatable bonds is 4. The normalized spacial score (nSPS) is 9.93. The molecular formula is C11H14FNO. The van der Waals surface area contributed by atoms with Gasteiger partial charge in [-0.2, -0.15) is 0 Å². The first-order chi connectivity index (χ1) is 6.66. The Morgan fingerprint density at radius 3 is 2.71 bits per heavy atom. The first-order valence-corrected chi connectivity index (χ1v) is 4.55. The van der Waals surface area contributed by atoms with Crippen LogP contribution in [-0.4, -0.2) is 20.4 Å². The Hall–Kier alpha value is -1.38. The molecule has 1 aromatic rings. The van der Waals surface area contributed by atoms with E-state index in [-0.39, 0.29) is 5.82 Å². The van der Waals surface area contributed by atoms with Crippen LogP contribution in [0.1, 0.15) is 12.0 Å². The number of carbonyl (C=O) groups is 1. The van der Waals surface area contributed by atoms with Crippen LogP contribution in [0.5, 0.6) is 0 Å². The zero-order chi connectivity index (χ0) is 10.6.